The summed E-state index contributed by atoms with van der Waals surface area (Å²) in [5.74, 6) is -1.02. The minimum Gasteiger partial charge on any atom is -0.425 e. The summed E-state index contributed by atoms with van der Waals surface area (Å²) < 4.78 is 10.9. The first-order chi connectivity index (χ1) is 6.82. The van der Waals surface area contributed by atoms with Crippen LogP contribution in [0.15, 0.2) is 24.3 Å². The largest absolute Gasteiger partial charge is 0.425 e. The monoisotopic (exact) mass is 190 g/mol. The van der Waals surface area contributed by atoms with Gasteiger partial charge >= 0.3 is 5.97 Å². The van der Waals surface area contributed by atoms with Crippen LogP contribution in [0.25, 0.3) is 0 Å². The van der Waals surface area contributed by atoms with E-state index in [1.165, 1.54) is 0 Å². The molecular weight excluding hydrogens is 180 g/mol. The van der Waals surface area contributed by atoms with Gasteiger partial charge in [-0.05, 0) is 12.5 Å². The molecule has 3 rings (SSSR count). The predicted molar refractivity (Wildman–Crippen MR) is 48.7 cm³/mol. The molecule has 1 aromatic carbocycles. The fourth-order valence-corrected chi connectivity index (χ4v) is 2.16. The van der Waals surface area contributed by atoms with Gasteiger partial charge in [0, 0.05) is 12.0 Å². The Labute approximate surface area is 81.6 Å². The number of hydrogen-bond donors (Lipinski definition) is 0. The van der Waals surface area contributed by atoms with Crippen LogP contribution in [0, 0.1) is 0 Å². The van der Waals surface area contributed by atoms with Crippen molar-refractivity contribution in [2.45, 2.75) is 18.6 Å². The Kier molecular flexibility index (Phi) is 1.47. The number of carbonyl (C=O) groups excluding carboxylic acids is 1. The molecular formula is C11H10O3. The lowest BCUT2D eigenvalue weighted by Gasteiger charge is -2.21. The Bertz CT molecular complexity index is 391. The van der Waals surface area contributed by atoms with Crippen LogP contribution in [0.2, 0.25) is 0 Å². The molecule has 0 bridgehead atoms. The molecule has 2 heterocycles. The van der Waals surface area contributed by atoms with Gasteiger partial charge in [-0.3, -0.25) is 0 Å². The molecule has 1 atom stereocenters. The molecule has 3 heteroatoms. The molecule has 1 spiro atoms. The summed E-state index contributed by atoms with van der Waals surface area (Å²) in [7, 11) is 0. The minimum atomic E-state index is -0.756. The van der Waals surface area contributed by atoms with Crippen LogP contribution in [-0.4, -0.2) is 12.6 Å². The fraction of sp³-hybridized carbons (Fsp3) is 0.364. The Morgan fingerprint density at radius 3 is 2.93 bits per heavy atom. The first kappa shape index (κ1) is 8.00. The summed E-state index contributed by atoms with van der Waals surface area (Å²) >= 11 is 0. The summed E-state index contributed by atoms with van der Waals surface area (Å²) in [6.07, 6.45) is 1.72. The molecule has 0 aromatic heterocycles. The topological polar surface area (TPSA) is 35.5 Å². The second-order valence-corrected chi connectivity index (χ2v) is 3.64. The van der Waals surface area contributed by atoms with Crippen molar-refractivity contribution in [3.05, 3.63) is 35.4 Å². The van der Waals surface area contributed by atoms with Gasteiger partial charge in [-0.2, -0.15) is 0 Å². The van der Waals surface area contributed by atoms with Crippen LogP contribution in [0.5, 0.6) is 0 Å². The van der Waals surface area contributed by atoms with Gasteiger partial charge in [-0.15, -0.1) is 0 Å². The predicted octanol–water partition coefficient (Wildman–Crippen LogP) is 1.82. The summed E-state index contributed by atoms with van der Waals surface area (Å²) in [5.41, 5.74) is 1.54. The van der Waals surface area contributed by atoms with Gasteiger partial charge < -0.3 is 9.47 Å². The van der Waals surface area contributed by atoms with Crippen LogP contribution in [-0.2, 0) is 15.3 Å². The van der Waals surface area contributed by atoms with Gasteiger partial charge in [-0.1, -0.05) is 18.2 Å². The molecule has 1 saturated heterocycles. The van der Waals surface area contributed by atoms with Crippen molar-refractivity contribution in [3.63, 3.8) is 0 Å². The molecule has 0 aliphatic carbocycles. The molecule has 1 fully saturated rings. The van der Waals surface area contributed by atoms with Gasteiger partial charge in [0.1, 0.15) is 0 Å². The standard InChI is InChI=1S/C11H10O3/c12-10-8-4-1-2-5-9(8)11(14-10)6-3-7-13-11/h1-2,4-5H,3,6-7H2. The van der Waals surface area contributed by atoms with Gasteiger partial charge in [-0.25, -0.2) is 4.79 Å². The molecule has 0 amide bonds. The third-order valence-electron chi connectivity index (χ3n) is 2.80. The zero-order valence-corrected chi connectivity index (χ0v) is 7.66. The number of fused-ring (bicyclic) bond motifs is 2. The first-order valence-corrected chi connectivity index (χ1v) is 4.79. The molecule has 1 unspecified atom stereocenters. The van der Waals surface area contributed by atoms with Gasteiger partial charge in [0.25, 0.3) is 0 Å². The second-order valence-electron chi connectivity index (χ2n) is 3.64. The zero-order valence-electron chi connectivity index (χ0n) is 7.66. The number of rotatable bonds is 0. The molecule has 14 heavy (non-hydrogen) atoms. The van der Waals surface area contributed by atoms with E-state index in [0.29, 0.717) is 12.2 Å². The van der Waals surface area contributed by atoms with Crippen LogP contribution in [0.1, 0.15) is 28.8 Å². The van der Waals surface area contributed by atoms with E-state index in [9.17, 15) is 4.79 Å². The third kappa shape index (κ3) is 0.876. The van der Waals surface area contributed by atoms with E-state index in [1.807, 2.05) is 18.2 Å². The van der Waals surface area contributed by atoms with Crippen molar-refractivity contribution in [3.8, 4) is 0 Å². The lowest BCUT2D eigenvalue weighted by atomic mass is 10.0. The molecule has 0 saturated carbocycles. The van der Waals surface area contributed by atoms with Crippen LogP contribution in [0.3, 0.4) is 0 Å². The van der Waals surface area contributed by atoms with Crippen molar-refractivity contribution in [1.82, 2.24) is 0 Å². The van der Waals surface area contributed by atoms with Crippen molar-refractivity contribution < 1.29 is 14.3 Å². The van der Waals surface area contributed by atoms with Gasteiger partial charge in [0.15, 0.2) is 0 Å². The van der Waals surface area contributed by atoms with Gasteiger partial charge in [0.2, 0.25) is 5.79 Å². The van der Waals surface area contributed by atoms with E-state index in [-0.39, 0.29) is 5.97 Å². The van der Waals surface area contributed by atoms with E-state index >= 15 is 0 Å². The number of hydrogen-bond acceptors (Lipinski definition) is 3. The SMILES string of the molecule is O=C1OC2(CCCO2)c2ccccc21. The van der Waals surface area contributed by atoms with Gasteiger partial charge in [0.05, 0.1) is 12.2 Å². The number of ether oxygens (including phenoxy) is 2. The Hall–Kier alpha value is -1.35. The maximum Gasteiger partial charge on any atom is 0.341 e. The average Bonchev–Trinajstić information content (AvgIpc) is 2.77. The summed E-state index contributed by atoms with van der Waals surface area (Å²) in [5, 5.41) is 0. The summed E-state index contributed by atoms with van der Waals surface area (Å²) in [4.78, 5) is 11.5. The van der Waals surface area contributed by atoms with Crippen molar-refractivity contribution in [1.29, 1.82) is 0 Å². The van der Waals surface area contributed by atoms with Crippen molar-refractivity contribution in [2.75, 3.05) is 6.61 Å². The molecule has 72 valence electrons. The highest BCUT2D eigenvalue weighted by Gasteiger charge is 2.48. The number of carbonyl (C=O) groups is 1. The molecule has 0 N–H and O–H groups in total. The molecule has 3 nitrogen and oxygen atoms in total. The highest BCUT2D eigenvalue weighted by molar-refractivity contribution is 5.94. The first-order valence-electron chi connectivity index (χ1n) is 4.79. The summed E-state index contributed by atoms with van der Waals surface area (Å²) in [6.45, 7) is 0.668. The molecule has 2 aliphatic heterocycles. The zero-order chi connectivity index (χ0) is 9.60. The van der Waals surface area contributed by atoms with E-state index in [2.05, 4.69) is 0 Å². The molecule has 0 radical (unpaired) electrons. The van der Waals surface area contributed by atoms with E-state index in [1.54, 1.807) is 6.07 Å². The maximum atomic E-state index is 11.5. The third-order valence-corrected chi connectivity index (χ3v) is 2.80. The van der Waals surface area contributed by atoms with Crippen LogP contribution < -0.4 is 0 Å². The fourth-order valence-electron chi connectivity index (χ4n) is 2.16. The highest BCUT2D eigenvalue weighted by atomic mass is 16.7. The van der Waals surface area contributed by atoms with Crippen LogP contribution >= 0.6 is 0 Å². The summed E-state index contributed by atoms with van der Waals surface area (Å²) in [6, 6.07) is 7.44. The Morgan fingerprint density at radius 1 is 1.29 bits per heavy atom. The Morgan fingerprint density at radius 2 is 2.14 bits per heavy atom. The quantitative estimate of drug-likeness (QED) is 0.585. The lowest BCUT2D eigenvalue weighted by molar-refractivity contribution is -0.172. The normalized spacial score (nSPS) is 29.3. The number of benzene rings is 1. The van der Waals surface area contributed by atoms with E-state index in [4.69, 9.17) is 9.47 Å². The highest BCUT2D eigenvalue weighted by Crippen LogP contribution is 2.44. The Balaban J connectivity index is 2.18. The van der Waals surface area contributed by atoms with Crippen molar-refractivity contribution >= 4 is 5.97 Å². The maximum absolute atomic E-state index is 11.5. The minimum absolute atomic E-state index is 0.262. The second kappa shape index (κ2) is 2.58. The van der Waals surface area contributed by atoms with E-state index < -0.39 is 5.79 Å². The van der Waals surface area contributed by atoms with Crippen LogP contribution in [0.4, 0.5) is 0 Å². The molecule has 1 aromatic rings. The average molecular weight is 190 g/mol. The van der Waals surface area contributed by atoms with Crippen molar-refractivity contribution in [2.24, 2.45) is 0 Å². The van der Waals surface area contributed by atoms with E-state index in [0.717, 1.165) is 18.4 Å². The molecule has 2 aliphatic rings. The number of esters is 1. The smallest absolute Gasteiger partial charge is 0.341 e. The lowest BCUT2D eigenvalue weighted by Crippen LogP contribution is -2.24.